The average molecular weight is 309 g/mol. The summed E-state index contributed by atoms with van der Waals surface area (Å²) in [4.78, 5) is 18.5. The van der Waals surface area contributed by atoms with E-state index in [0.29, 0.717) is 13.0 Å². The zero-order chi connectivity index (χ0) is 15.9. The number of carbonyl (C=O) groups is 1. The minimum atomic E-state index is 0.0413. The van der Waals surface area contributed by atoms with Gasteiger partial charge in [0.2, 0.25) is 5.91 Å². The lowest BCUT2D eigenvalue weighted by Crippen LogP contribution is -2.29. The zero-order valence-electron chi connectivity index (χ0n) is 13.4. The fourth-order valence-corrected chi connectivity index (χ4v) is 2.93. The van der Waals surface area contributed by atoms with Crippen LogP contribution in [-0.2, 0) is 17.8 Å². The highest BCUT2D eigenvalue weighted by atomic mass is 16.1. The van der Waals surface area contributed by atoms with Crippen molar-refractivity contribution in [1.29, 1.82) is 0 Å². The van der Waals surface area contributed by atoms with Crippen molar-refractivity contribution in [2.75, 3.05) is 18.0 Å². The number of hydrogen-bond donors (Lipinski definition) is 1. The van der Waals surface area contributed by atoms with E-state index in [-0.39, 0.29) is 5.91 Å². The highest BCUT2D eigenvalue weighted by Gasteiger charge is 2.11. The standard InChI is InChI=1S/C19H23N3O/c23-19(21-15-17-5-4-10-20-14-17)13-16-6-8-18(9-7-16)22-11-2-1-3-12-22/h4-10,14H,1-3,11-13,15H2,(H,21,23). The Morgan fingerprint density at radius 1 is 1.04 bits per heavy atom. The van der Waals surface area contributed by atoms with Crippen molar-refractivity contribution in [3.05, 3.63) is 59.9 Å². The first-order chi connectivity index (χ1) is 11.3. The number of aromatic nitrogens is 1. The molecule has 120 valence electrons. The summed E-state index contributed by atoms with van der Waals surface area (Å²) in [5.41, 5.74) is 3.33. The molecule has 23 heavy (non-hydrogen) atoms. The molecule has 4 nitrogen and oxygen atoms in total. The molecule has 0 bridgehead atoms. The summed E-state index contributed by atoms with van der Waals surface area (Å²) >= 11 is 0. The normalized spacial score (nSPS) is 14.5. The van der Waals surface area contributed by atoms with Gasteiger partial charge in [0.25, 0.3) is 0 Å². The van der Waals surface area contributed by atoms with Gasteiger partial charge in [-0.2, -0.15) is 0 Å². The van der Waals surface area contributed by atoms with Gasteiger partial charge in [-0.3, -0.25) is 9.78 Å². The van der Waals surface area contributed by atoms with Gasteiger partial charge in [-0.25, -0.2) is 0 Å². The average Bonchev–Trinajstić information content (AvgIpc) is 2.62. The van der Waals surface area contributed by atoms with E-state index >= 15 is 0 Å². The summed E-state index contributed by atoms with van der Waals surface area (Å²) in [6, 6.07) is 12.2. The van der Waals surface area contributed by atoms with Crippen LogP contribution in [0, 0.1) is 0 Å². The van der Waals surface area contributed by atoms with E-state index < -0.39 is 0 Å². The van der Waals surface area contributed by atoms with Crippen LogP contribution in [0.3, 0.4) is 0 Å². The molecule has 1 fully saturated rings. The lowest BCUT2D eigenvalue weighted by Gasteiger charge is -2.28. The molecule has 1 saturated heterocycles. The number of anilines is 1. The van der Waals surface area contributed by atoms with E-state index in [2.05, 4.69) is 39.5 Å². The number of benzene rings is 1. The largest absolute Gasteiger partial charge is 0.372 e. The van der Waals surface area contributed by atoms with Crippen LogP contribution in [0.4, 0.5) is 5.69 Å². The molecule has 1 aromatic carbocycles. The number of hydrogen-bond acceptors (Lipinski definition) is 3. The number of pyridine rings is 1. The van der Waals surface area contributed by atoms with Crippen LogP contribution in [0.15, 0.2) is 48.8 Å². The van der Waals surface area contributed by atoms with Crippen LogP contribution in [0.1, 0.15) is 30.4 Å². The minimum Gasteiger partial charge on any atom is -0.372 e. The van der Waals surface area contributed by atoms with Crippen LogP contribution < -0.4 is 10.2 Å². The Kier molecular flexibility index (Phi) is 5.25. The summed E-state index contributed by atoms with van der Waals surface area (Å²) in [7, 11) is 0. The Morgan fingerprint density at radius 3 is 2.52 bits per heavy atom. The second-order valence-electron chi connectivity index (χ2n) is 6.03. The highest BCUT2D eigenvalue weighted by molar-refractivity contribution is 5.78. The molecule has 2 aromatic rings. The molecule has 0 aliphatic carbocycles. The second kappa shape index (κ2) is 7.77. The van der Waals surface area contributed by atoms with Crippen molar-refractivity contribution in [1.82, 2.24) is 10.3 Å². The predicted molar refractivity (Wildman–Crippen MR) is 92.3 cm³/mol. The summed E-state index contributed by atoms with van der Waals surface area (Å²) in [5.74, 6) is 0.0413. The maximum Gasteiger partial charge on any atom is 0.224 e. The first kappa shape index (κ1) is 15.5. The monoisotopic (exact) mass is 309 g/mol. The topological polar surface area (TPSA) is 45.2 Å². The number of piperidine rings is 1. The van der Waals surface area contributed by atoms with E-state index in [9.17, 15) is 4.79 Å². The van der Waals surface area contributed by atoms with E-state index in [1.54, 1.807) is 12.4 Å². The molecule has 1 aliphatic rings. The quantitative estimate of drug-likeness (QED) is 0.923. The van der Waals surface area contributed by atoms with Gasteiger partial charge in [-0.1, -0.05) is 18.2 Å². The second-order valence-corrected chi connectivity index (χ2v) is 6.03. The first-order valence-corrected chi connectivity index (χ1v) is 8.31. The van der Waals surface area contributed by atoms with Crippen LogP contribution in [-0.4, -0.2) is 24.0 Å². The molecule has 1 aromatic heterocycles. The molecule has 0 radical (unpaired) electrons. The Bertz CT molecular complexity index is 619. The highest BCUT2D eigenvalue weighted by Crippen LogP contribution is 2.20. The Hall–Kier alpha value is -2.36. The molecule has 0 atom stereocenters. The van der Waals surface area contributed by atoms with Gasteiger partial charge in [0.05, 0.1) is 6.42 Å². The predicted octanol–water partition coefficient (Wildman–Crippen LogP) is 2.93. The number of rotatable bonds is 5. The van der Waals surface area contributed by atoms with E-state index in [1.807, 2.05) is 12.1 Å². The van der Waals surface area contributed by atoms with Crippen LogP contribution in [0.2, 0.25) is 0 Å². The summed E-state index contributed by atoms with van der Waals surface area (Å²) < 4.78 is 0. The van der Waals surface area contributed by atoms with Crippen molar-refractivity contribution < 1.29 is 4.79 Å². The Labute approximate surface area is 137 Å². The van der Waals surface area contributed by atoms with E-state index in [1.165, 1.54) is 24.9 Å². The molecule has 2 heterocycles. The third kappa shape index (κ3) is 4.55. The Morgan fingerprint density at radius 2 is 1.83 bits per heavy atom. The summed E-state index contributed by atoms with van der Waals surface area (Å²) in [6.45, 7) is 2.81. The van der Waals surface area contributed by atoms with Gasteiger partial charge in [0, 0.05) is 37.7 Å². The van der Waals surface area contributed by atoms with Crippen molar-refractivity contribution >= 4 is 11.6 Å². The third-order valence-electron chi connectivity index (χ3n) is 4.23. The summed E-state index contributed by atoms with van der Waals surface area (Å²) in [6.07, 6.45) is 7.81. The van der Waals surface area contributed by atoms with Crippen molar-refractivity contribution in [2.24, 2.45) is 0 Å². The van der Waals surface area contributed by atoms with Gasteiger partial charge < -0.3 is 10.2 Å². The van der Waals surface area contributed by atoms with Gasteiger partial charge in [-0.05, 0) is 48.6 Å². The minimum absolute atomic E-state index is 0.0413. The molecular weight excluding hydrogens is 286 g/mol. The fourth-order valence-electron chi connectivity index (χ4n) is 2.93. The summed E-state index contributed by atoms with van der Waals surface area (Å²) in [5, 5.41) is 2.94. The molecule has 4 heteroatoms. The third-order valence-corrected chi connectivity index (χ3v) is 4.23. The first-order valence-electron chi connectivity index (χ1n) is 8.31. The van der Waals surface area contributed by atoms with Crippen LogP contribution >= 0.6 is 0 Å². The number of nitrogens with zero attached hydrogens (tertiary/aromatic N) is 2. The Balaban J connectivity index is 1.50. The molecule has 1 N–H and O–H groups in total. The number of carbonyl (C=O) groups excluding carboxylic acids is 1. The van der Waals surface area contributed by atoms with Gasteiger partial charge in [0.15, 0.2) is 0 Å². The smallest absolute Gasteiger partial charge is 0.224 e. The van der Waals surface area contributed by atoms with Gasteiger partial charge in [0.1, 0.15) is 0 Å². The van der Waals surface area contributed by atoms with Crippen molar-refractivity contribution in [3.63, 3.8) is 0 Å². The number of nitrogens with one attached hydrogen (secondary N) is 1. The zero-order valence-corrected chi connectivity index (χ0v) is 13.4. The maximum atomic E-state index is 12.0. The fraction of sp³-hybridized carbons (Fsp3) is 0.368. The molecule has 0 unspecified atom stereocenters. The molecule has 1 amide bonds. The van der Waals surface area contributed by atoms with Crippen molar-refractivity contribution in [2.45, 2.75) is 32.2 Å². The molecule has 0 saturated carbocycles. The van der Waals surface area contributed by atoms with E-state index in [0.717, 1.165) is 24.2 Å². The van der Waals surface area contributed by atoms with Crippen molar-refractivity contribution in [3.8, 4) is 0 Å². The van der Waals surface area contributed by atoms with E-state index in [4.69, 9.17) is 0 Å². The lowest BCUT2D eigenvalue weighted by atomic mass is 10.1. The molecule has 1 aliphatic heterocycles. The van der Waals surface area contributed by atoms with Crippen LogP contribution in [0.25, 0.3) is 0 Å². The van der Waals surface area contributed by atoms with Gasteiger partial charge in [-0.15, -0.1) is 0 Å². The number of amides is 1. The molecular formula is C19H23N3O. The molecule has 3 rings (SSSR count). The maximum absolute atomic E-state index is 12.0. The van der Waals surface area contributed by atoms with Gasteiger partial charge >= 0.3 is 0 Å². The van der Waals surface area contributed by atoms with Crippen LogP contribution in [0.5, 0.6) is 0 Å². The SMILES string of the molecule is O=C(Cc1ccc(N2CCCCC2)cc1)NCc1cccnc1. The molecule has 0 spiro atoms. The lowest BCUT2D eigenvalue weighted by molar-refractivity contribution is -0.120.